The number of hydrogen-bond donors (Lipinski definition) is 1. The van der Waals surface area contributed by atoms with Crippen LogP contribution in [0, 0.1) is 5.82 Å². The van der Waals surface area contributed by atoms with E-state index in [-0.39, 0.29) is 10.8 Å². The van der Waals surface area contributed by atoms with Gasteiger partial charge in [0.2, 0.25) is 0 Å². The highest BCUT2D eigenvalue weighted by Gasteiger charge is 2.21. The van der Waals surface area contributed by atoms with Crippen LogP contribution in [0.2, 0.25) is 0 Å². The molecule has 7 heteroatoms. The van der Waals surface area contributed by atoms with E-state index >= 15 is 0 Å². The molecule has 0 saturated carbocycles. The molecule has 1 aromatic carbocycles. The molecule has 112 valence electrons. The number of sulfone groups is 1. The van der Waals surface area contributed by atoms with Crippen LogP contribution in [-0.4, -0.2) is 23.9 Å². The molecule has 0 fully saturated rings. The van der Waals surface area contributed by atoms with Gasteiger partial charge in [0.1, 0.15) is 11.6 Å². The molecule has 0 bridgehead atoms. The van der Waals surface area contributed by atoms with Gasteiger partial charge in [0, 0.05) is 6.54 Å². The standard InChI is InChI=1S/C14H16FN3O2S/c1-10(2)21(19,20)14-8-7-13(17-18-14)16-9-11-3-5-12(15)6-4-11/h3-8,10H,9H2,1-2H3,(H,16,17). The van der Waals surface area contributed by atoms with Crippen molar-refractivity contribution in [1.29, 1.82) is 0 Å². The lowest BCUT2D eigenvalue weighted by atomic mass is 10.2. The molecular weight excluding hydrogens is 293 g/mol. The topological polar surface area (TPSA) is 72.0 Å². The first-order valence-electron chi connectivity index (χ1n) is 6.45. The fourth-order valence-electron chi connectivity index (χ4n) is 1.60. The van der Waals surface area contributed by atoms with Crippen molar-refractivity contribution in [3.05, 3.63) is 47.8 Å². The summed E-state index contributed by atoms with van der Waals surface area (Å²) in [6.07, 6.45) is 0. The van der Waals surface area contributed by atoms with Crippen LogP contribution in [0.15, 0.2) is 41.4 Å². The minimum absolute atomic E-state index is 0.0372. The van der Waals surface area contributed by atoms with Crippen LogP contribution < -0.4 is 5.32 Å². The van der Waals surface area contributed by atoms with E-state index in [2.05, 4.69) is 15.5 Å². The van der Waals surface area contributed by atoms with Crippen LogP contribution in [0.5, 0.6) is 0 Å². The van der Waals surface area contributed by atoms with Gasteiger partial charge in [-0.1, -0.05) is 12.1 Å². The van der Waals surface area contributed by atoms with Crippen molar-refractivity contribution in [2.24, 2.45) is 0 Å². The molecule has 0 saturated heterocycles. The number of hydrogen-bond acceptors (Lipinski definition) is 5. The molecule has 1 N–H and O–H groups in total. The molecule has 2 aromatic rings. The maximum atomic E-state index is 12.8. The van der Waals surface area contributed by atoms with Crippen LogP contribution in [0.3, 0.4) is 0 Å². The molecule has 21 heavy (non-hydrogen) atoms. The number of rotatable bonds is 5. The average Bonchev–Trinajstić information content (AvgIpc) is 2.47. The van der Waals surface area contributed by atoms with Gasteiger partial charge in [-0.3, -0.25) is 0 Å². The van der Waals surface area contributed by atoms with Gasteiger partial charge in [0.15, 0.2) is 14.9 Å². The van der Waals surface area contributed by atoms with Crippen molar-refractivity contribution in [2.75, 3.05) is 5.32 Å². The maximum Gasteiger partial charge on any atom is 0.199 e. The maximum absolute atomic E-state index is 12.8. The predicted octanol–water partition coefficient (Wildman–Crippen LogP) is 2.41. The summed E-state index contributed by atoms with van der Waals surface area (Å²) >= 11 is 0. The van der Waals surface area contributed by atoms with Crippen molar-refractivity contribution in [1.82, 2.24) is 10.2 Å². The molecular formula is C14H16FN3O2S. The Balaban J connectivity index is 2.05. The molecule has 0 aliphatic carbocycles. The third kappa shape index (κ3) is 3.75. The van der Waals surface area contributed by atoms with E-state index in [9.17, 15) is 12.8 Å². The predicted molar refractivity (Wildman–Crippen MR) is 78.1 cm³/mol. The van der Waals surface area contributed by atoms with E-state index < -0.39 is 15.1 Å². The third-order valence-corrected chi connectivity index (χ3v) is 4.98. The third-order valence-electron chi connectivity index (χ3n) is 2.94. The van der Waals surface area contributed by atoms with E-state index in [1.807, 2.05) is 0 Å². The first kappa shape index (κ1) is 15.4. The highest BCUT2D eigenvalue weighted by Crippen LogP contribution is 2.14. The summed E-state index contributed by atoms with van der Waals surface area (Å²) in [7, 11) is -3.41. The minimum Gasteiger partial charge on any atom is -0.365 e. The van der Waals surface area contributed by atoms with E-state index in [4.69, 9.17) is 0 Å². The highest BCUT2D eigenvalue weighted by molar-refractivity contribution is 7.91. The summed E-state index contributed by atoms with van der Waals surface area (Å²) in [6.45, 7) is 3.64. The van der Waals surface area contributed by atoms with Gasteiger partial charge >= 0.3 is 0 Å². The summed E-state index contributed by atoms with van der Waals surface area (Å²) in [6, 6.07) is 9.06. The van der Waals surface area contributed by atoms with Crippen molar-refractivity contribution < 1.29 is 12.8 Å². The van der Waals surface area contributed by atoms with Gasteiger partial charge in [-0.05, 0) is 43.7 Å². The first-order valence-corrected chi connectivity index (χ1v) is 8.00. The van der Waals surface area contributed by atoms with Crippen LogP contribution in [0.25, 0.3) is 0 Å². The lowest BCUT2D eigenvalue weighted by Crippen LogP contribution is -2.16. The van der Waals surface area contributed by atoms with Crippen molar-refractivity contribution in [3.63, 3.8) is 0 Å². The minimum atomic E-state index is -3.41. The molecule has 0 atom stereocenters. The molecule has 1 aromatic heterocycles. The fourth-order valence-corrected chi connectivity index (χ4v) is 2.50. The van der Waals surface area contributed by atoms with Crippen LogP contribution >= 0.6 is 0 Å². The zero-order valence-electron chi connectivity index (χ0n) is 11.7. The van der Waals surface area contributed by atoms with Gasteiger partial charge < -0.3 is 5.32 Å². The van der Waals surface area contributed by atoms with Crippen molar-refractivity contribution in [3.8, 4) is 0 Å². The monoisotopic (exact) mass is 309 g/mol. The van der Waals surface area contributed by atoms with Gasteiger partial charge in [-0.2, -0.15) is 0 Å². The Hall–Kier alpha value is -2.02. The van der Waals surface area contributed by atoms with Gasteiger partial charge in [-0.25, -0.2) is 12.8 Å². The molecule has 1 heterocycles. The van der Waals surface area contributed by atoms with E-state index in [0.717, 1.165) is 5.56 Å². The van der Waals surface area contributed by atoms with E-state index in [1.165, 1.54) is 18.2 Å². The Kier molecular flexibility index (Phi) is 4.52. The second-order valence-electron chi connectivity index (χ2n) is 4.83. The molecule has 5 nitrogen and oxygen atoms in total. The summed E-state index contributed by atoms with van der Waals surface area (Å²) in [4.78, 5) is 0. The second kappa shape index (κ2) is 6.17. The average molecular weight is 309 g/mol. The Morgan fingerprint density at radius 2 is 1.76 bits per heavy atom. The molecule has 0 amide bonds. The summed E-state index contributed by atoms with van der Waals surface area (Å²) < 4.78 is 36.6. The summed E-state index contributed by atoms with van der Waals surface area (Å²) in [5, 5.41) is 10.0. The lowest BCUT2D eigenvalue weighted by molar-refractivity contribution is 0.581. The molecule has 0 radical (unpaired) electrons. The van der Waals surface area contributed by atoms with Gasteiger partial charge in [0.25, 0.3) is 0 Å². The van der Waals surface area contributed by atoms with Crippen LogP contribution in [-0.2, 0) is 16.4 Å². The van der Waals surface area contributed by atoms with Crippen LogP contribution in [0.4, 0.5) is 10.2 Å². The molecule has 2 rings (SSSR count). The normalized spacial score (nSPS) is 11.6. The van der Waals surface area contributed by atoms with Crippen molar-refractivity contribution >= 4 is 15.7 Å². The van der Waals surface area contributed by atoms with Gasteiger partial charge in [0.05, 0.1) is 5.25 Å². The molecule has 0 aliphatic heterocycles. The lowest BCUT2D eigenvalue weighted by Gasteiger charge is -2.08. The number of nitrogens with zero attached hydrogens (tertiary/aromatic N) is 2. The Bertz CT molecular complexity index is 698. The largest absolute Gasteiger partial charge is 0.365 e. The summed E-state index contributed by atoms with van der Waals surface area (Å²) in [5.41, 5.74) is 0.886. The zero-order valence-corrected chi connectivity index (χ0v) is 12.6. The zero-order chi connectivity index (χ0) is 15.5. The number of aromatic nitrogens is 2. The second-order valence-corrected chi connectivity index (χ2v) is 7.28. The number of benzene rings is 1. The first-order chi connectivity index (χ1) is 9.89. The Morgan fingerprint density at radius 1 is 1.10 bits per heavy atom. The smallest absolute Gasteiger partial charge is 0.199 e. The number of halogens is 1. The van der Waals surface area contributed by atoms with Gasteiger partial charge in [-0.15, -0.1) is 10.2 Å². The summed E-state index contributed by atoms with van der Waals surface area (Å²) in [5.74, 6) is 0.170. The Labute approximate surface area is 123 Å². The van der Waals surface area contributed by atoms with E-state index in [1.54, 1.807) is 32.0 Å². The Morgan fingerprint density at radius 3 is 2.29 bits per heavy atom. The van der Waals surface area contributed by atoms with Crippen LogP contribution in [0.1, 0.15) is 19.4 Å². The number of anilines is 1. The highest BCUT2D eigenvalue weighted by atomic mass is 32.2. The van der Waals surface area contributed by atoms with E-state index in [0.29, 0.717) is 12.4 Å². The SMILES string of the molecule is CC(C)S(=O)(=O)c1ccc(NCc2ccc(F)cc2)nn1. The molecule has 0 aliphatic rings. The number of nitrogens with one attached hydrogen (secondary N) is 1. The quantitative estimate of drug-likeness (QED) is 0.918. The molecule has 0 spiro atoms. The van der Waals surface area contributed by atoms with Crippen molar-refractivity contribution in [2.45, 2.75) is 30.7 Å². The fraction of sp³-hybridized carbons (Fsp3) is 0.286. The molecule has 0 unspecified atom stereocenters.